The van der Waals surface area contributed by atoms with Crippen LogP contribution in [0.4, 0.5) is 5.69 Å². The molecule has 1 aliphatic heterocycles. The second kappa shape index (κ2) is 9.27. The number of benzene rings is 3. The van der Waals surface area contributed by atoms with Gasteiger partial charge in [-0.2, -0.15) is 0 Å². The molecule has 0 spiro atoms. The first-order valence-electron chi connectivity index (χ1n) is 10.9. The van der Waals surface area contributed by atoms with Crippen LogP contribution in [0.25, 0.3) is 0 Å². The molecule has 5 nitrogen and oxygen atoms in total. The summed E-state index contributed by atoms with van der Waals surface area (Å²) in [4.78, 5) is 27.1. The lowest BCUT2D eigenvalue weighted by Gasteiger charge is -2.25. The summed E-state index contributed by atoms with van der Waals surface area (Å²) in [6.45, 7) is 6.54. The molecule has 1 fully saturated rings. The van der Waals surface area contributed by atoms with Gasteiger partial charge in [0.2, 0.25) is 11.8 Å². The SMILES string of the molecule is Cc1ccc(Oc2ccc(NC(=O)[C@H]3CC(=O)N([C@H](C)c4ccccc4)C3)cc2)cc1C. The van der Waals surface area contributed by atoms with E-state index in [0.717, 1.165) is 11.3 Å². The number of amides is 2. The second-order valence-electron chi connectivity index (χ2n) is 8.40. The van der Waals surface area contributed by atoms with Gasteiger partial charge >= 0.3 is 0 Å². The van der Waals surface area contributed by atoms with E-state index >= 15 is 0 Å². The van der Waals surface area contributed by atoms with Crippen molar-refractivity contribution in [1.29, 1.82) is 0 Å². The summed E-state index contributed by atoms with van der Waals surface area (Å²) in [5.41, 5.74) is 4.15. The number of likely N-dealkylation sites (tertiary alicyclic amines) is 1. The maximum absolute atomic E-state index is 12.8. The highest BCUT2D eigenvalue weighted by Gasteiger charge is 2.37. The third-order valence-corrected chi connectivity index (χ3v) is 6.11. The van der Waals surface area contributed by atoms with E-state index in [2.05, 4.69) is 19.2 Å². The molecule has 2 atom stereocenters. The summed E-state index contributed by atoms with van der Waals surface area (Å²) in [7, 11) is 0. The van der Waals surface area contributed by atoms with Crippen molar-refractivity contribution < 1.29 is 14.3 Å². The van der Waals surface area contributed by atoms with Crippen LogP contribution in [-0.4, -0.2) is 23.3 Å². The van der Waals surface area contributed by atoms with Gasteiger partial charge < -0.3 is 15.0 Å². The minimum Gasteiger partial charge on any atom is -0.457 e. The van der Waals surface area contributed by atoms with Crippen LogP contribution in [0.5, 0.6) is 11.5 Å². The summed E-state index contributed by atoms with van der Waals surface area (Å²) in [5.74, 6) is 0.995. The summed E-state index contributed by atoms with van der Waals surface area (Å²) in [6, 6.07) is 23.1. The molecule has 1 N–H and O–H groups in total. The van der Waals surface area contributed by atoms with E-state index in [0.29, 0.717) is 18.0 Å². The molecule has 32 heavy (non-hydrogen) atoms. The van der Waals surface area contributed by atoms with Crippen molar-refractivity contribution in [2.45, 2.75) is 33.2 Å². The number of carbonyl (C=O) groups is 2. The largest absolute Gasteiger partial charge is 0.457 e. The average molecular weight is 429 g/mol. The molecule has 0 bridgehead atoms. The lowest BCUT2D eigenvalue weighted by atomic mass is 10.1. The standard InChI is InChI=1S/C27H28N2O3/c1-18-9-12-25(15-19(18)2)32-24-13-10-23(11-14-24)28-27(31)22-16-26(30)29(17-22)20(3)21-7-5-4-6-8-21/h4-15,20,22H,16-17H2,1-3H3,(H,28,31)/t20-,22+/m1/s1. The zero-order chi connectivity index (χ0) is 22.7. The smallest absolute Gasteiger partial charge is 0.229 e. The van der Waals surface area contributed by atoms with Gasteiger partial charge in [0, 0.05) is 18.7 Å². The molecule has 1 aliphatic rings. The van der Waals surface area contributed by atoms with Crippen LogP contribution in [-0.2, 0) is 9.59 Å². The van der Waals surface area contributed by atoms with E-state index < -0.39 is 0 Å². The maximum Gasteiger partial charge on any atom is 0.229 e. The molecule has 5 heteroatoms. The first kappa shape index (κ1) is 21.6. The van der Waals surface area contributed by atoms with Crippen LogP contribution >= 0.6 is 0 Å². The molecule has 1 heterocycles. The van der Waals surface area contributed by atoms with Gasteiger partial charge in [0.15, 0.2) is 0 Å². The molecule has 4 rings (SSSR count). The van der Waals surface area contributed by atoms with Gasteiger partial charge in [0.25, 0.3) is 0 Å². The van der Waals surface area contributed by atoms with Gasteiger partial charge in [0.05, 0.1) is 12.0 Å². The van der Waals surface area contributed by atoms with Gasteiger partial charge in [-0.1, -0.05) is 36.4 Å². The predicted octanol–water partition coefficient (Wildman–Crippen LogP) is 5.64. The molecule has 2 amide bonds. The van der Waals surface area contributed by atoms with Crippen molar-refractivity contribution >= 4 is 17.5 Å². The number of nitrogens with one attached hydrogen (secondary N) is 1. The molecular formula is C27H28N2O3. The Kier molecular flexibility index (Phi) is 6.26. The molecule has 0 unspecified atom stereocenters. The van der Waals surface area contributed by atoms with E-state index in [-0.39, 0.29) is 30.2 Å². The highest BCUT2D eigenvalue weighted by Crippen LogP contribution is 2.30. The van der Waals surface area contributed by atoms with Crippen molar-refractivity contribution in [3.63, 3.8) is 0 Å². The Labute approximate surface area is 189 Å². The minimum atomic E-state index is -0.361. The Morgan fingerprint density at radius 2 is 1.66 bits per heavy atom. The van der Waals surface area contributed by atoms with Gasteiger partial charge in [-0.25, -0.2) is 0 Å². The Morgan fingerprint density at radius 1 is 0.969 bits per heavy atom. The number of carbonyl (C=O) groups excluding carboxylic acids is 2. The predicted molar refractivity (Wildman–Crippen MR) is 126 cm³/mol. The van der Waals surface area contributed by atoms with E-state index in [1.54, 1.807) is 4.90 Å². The number of nitrogens with zero attached hydrogens (tertiary/aromatic N) is 1. The molecular weight excluding hydrogens is 400 g/mol. The zero-order valence-electron chi connectivity index (χ0n) is 18.7. The molecule has 0 aromatic heterocycles. The van der Waals surface area contributed by atoms with Crippen molar-refractivity contribution in [2.24, 2.45) is 5.92 Å². The van der Waals surface area contributed by atoms with Gasteiger partial charge in [-0.05, 0) is 73.9 Å². The Bertz CT molecular complexity index is 1110. The topological polar surface area (TPSA) is 58.6 Å². The Morgan fingerprint density at radius 3 is 2.34 bits per heavy atom. The zero-order valence-corrected chi connectivity index (χ0v) is 18.7. The Hall–Kier alpha value is -3.60. The van der Waals surface area contributed by atoms with Crippen LogP contribution in [0.15, 0.2) is 72.8 Å². The number of aryl methyl sites for hydroxylation is 2. The van der Waals surface area contributed by atoms with Crippen LogP contribution < -0.4 is 10.1 Å². The Balaban J connectivity index is 1.35. The lowest BCUT2D eigenvalue weighted by Crippen LogP contribution is -2.30. The number of anilines is 1. The summed E-state index contributed by atoms with van der Waals surface area (Å²) >= 11 is 0. The maximum atomic E-state index is 12.8. The minimum absolute atomic E-state index is 0.0126. The monoisotopic (exact) mass is 428 g/mol. The summed E-state index contributed by atoms with van der Waals surface area (Å²) < 4.78 is 5.91. The van der Waals surface area contributed by atoms with Gasteiger partial charge in [-0.3, -0.25) is 9.59 Å². The van der Waals surface area contributed by atoms with E-state index in [9.17, 15) is 9.59 Å². The first-order valence-corrected chi connectivity index (χ1v) is 10.9. The number of rotatable bonds is 6. The van der Waals surface area contributed by atoms with Crippen LogP contribution in [0, 0.1) is 19.8 Å². The van der Waals surface area contributed by atoms with Crippen molar-refractivity contribution in [3.05, 3.63) is 89.5 Å². The second-order valence-corrected chi connectivity index (χ2v) is 8.40. The fourth-order valence-corrected chi connectivity index (χ4v) is 3.96. The molecule has 1 saturated heterocycles. The fraction of sp³-hybridized carbons (Fsp3) is 0.259. The third kappa shape index (κ3) is 4.83. The highest BCUT2D eigenvalue weighted by atomic mass is 16.5. The van der Waals surface area contributed by atoms with Crippen molar-refractivity contribution in [3.8, 4) is 11.5 Å². The summed E-state index contributed by atoms with van der Waals surface area (Å²) in [6.07, 6.45) is 0.233. The normalized spacial score (nSPS) is 16.7. The summed E-state index contributed by atoms with van der Waals surface area (Å²) in [5, 5.41) is 2.94. The molecule has 3 aromatic rings. The molecule has 0 radical (unpaired) electrons. The lowest BCUT2D eigenvalue weighted by molar-refractivity contribution is -0.129. The van der Waals surface area contributed by atoms with Crippen LogP contribution in [0.3, 0.4) is 0 Å². The number of hydrogen-bond donors (Lipinski definition) is 1. The molecule has 0 aliphatic carbocycles. The van der Waals surface area contributed by atoms with Crippen molar-refractivity contribution in [2.75, 3.05) is 11.9 Å². The highest BCUT2D eigenvalue weighted by molar-refractivity contribution is 5.97. The number of hydrogen-bond acceptors (Lipinski definition) is 3. The van der Waals surface area contributed by atoms with E-state index in [1.807, 2.05) is 79.7 Å². The third-order valence-electron chi connectivity index (χ3n) is 6.11. The fourth-order valence-electron chi connectivity index (χ4n) is 3.96. The number of ether oxygens (including phenoxy) is 1. The first-order chi connectivity index (χ1) is 15.4. The van der Waals surface area contributed by atoms with Crippen LogP contribution in [0.1, 0.15) is 36.1 Å². The van der Waals surface area contributed by atoms with E-state index in [4.69, 9.17) is 4.74 Å². The van der Waals surface area contributed by atoms with Crippen LogP contribution in [0.2, 0.25) is 0 Å². The van der Waals surface area contributed by atoms with Crippen molar-refractivity contribution in [1.82, 2.24) is 4.90 Å². The van der Waals surface area contributed by atoms with E-state index in [1.165, 1.54) is 11.1 Å². The average Bonchev–Trinajstić information content (AvgIpc) is 3.19. The molecule has 0 saturated carbocycles. The molecule has 164 valence electrons. The quantitative estimate of drug-likeness (QED) is 0.552. The molecule has 3 aromatic carbocycles. The van der Waals surface area contributed by atoms with Gasteiger partial charge in [0.1, 0.15) is 11.5 Å². The van der Waals surface area contributed by atoms with Gasteiger partial charge in [-0.15, -0.1) is 0 Å².